The van der Waals surface area contributed by atoms with Crippen LogP contribution in [0.1, 0.15) is 87.7 Å². The first kappa shape index (κ1) is 46.3. The van der Waals surface area contributed by atoms with Crippen molar-refractivity contribution in [1.82, 2.24) is 39.8 Å². The molecule has 72 heavy (non-hydrogen) atoms. The molecule has 1 spiro atoms. The van der Waals surface area contributed by atoms with Crippen molar-refractivity contribution in [2.75, 3.05) is 68.8 Å². The molecule has 4 aliphatic heterocycles. The highest BCUT2D eigenvalue weighted by atomic mass is 19.1. The normalized spacial score (nSPS) is 20.8. The van der Waals surface area contributed by atoms with Crippen molar-refractivity contribution < 1.29 is 32.6 Å². The number of benzene rings is 3. The van der Waals surface area contributed by atoms with E-state index >= 15 is 13.2 Å². The van der Waals surface area contributed by atoms with Crippen molar-refractivity contribution in [3.05, 3.63) is 83.3 Å². The first-order chi connectivity index (χ1) is 34.9. The van der Waals surface area contributed by atoms with Crippen LogP contribution in [0.5, 0.6) is 11.8 Å². The zero-order chi connectivity index (χ0) is 49.5. The van der Waals surface area contributed by atoms with E-state index in [1.54, 1.807) is 17.9 Å². The van der Waals surface area contributed by atoms with Gasteiger partial charge >= 0.3 is 12.0 Å². The molecule has 3 saturated heterocycles. The summed E-state index contributed by atoms with van der Waals surface area (Å²) in [7, 11) is 1.80. The number of halogens is 3. The SMILES string of the molecule is C#Cc1c(F)ccc2cc(O)cc(-c3ncc4c(N5CCC=CCC5)nc(OCC5(CN6CCC7(CC6)CC(N6CCC(c8cc9c(cc8F)c(N8CCC(=O)NC8=O)nn9C)CC6)C7)CC5)nc4c3F)c12. The van der Waals surface area contributed by atoms with Crippen LogP contribution >= 0.6 is 0 Å². The second-order valence-electron chi connectivity index (χ2n) is 21.2. The highest BCUT2D eigenvalue weighted by Gasteiger charge is 2.51. The molecule has 3 amide bonds. The second kappa shape index (κ2) is 18.1. The number of phenolic OH excluding ortho intramolecular Hbond substituents is 1. The first-order valence-electron chi connectivity index (χ1n) is 25.4. The van der Waals surface area contributed by atoms with Crippen LogP contribution < -0.4 is 19.9 Å². The summed E-state index contributed by atoms with van der Waals surface area (Å²) in [6.07, 6.45) is 21.9. The summed E-state index contributed by atoms with van der Waals surface area (Å²) in [5.74, 6) is 1.30. The van der Waals surface area contributed by atoms with E-state index in [2.05, 4.69) is 48.2 Å². The third kappa shape index (κ3) is 8.35. The Morgan fingerprint density at radius 2 is 1.65 bits per heavy atom. The van der Waals surface area contributed by atoms with Gasteiger partial charge in [0.25, 0.3) is 0 Å². The Labute approximate surface area is 415 Å². The Bertz CT molecular complexity index is 3240. The number of urea groups is 1. The molecular formula is C55H57F3N10O4. The lowest BCUT2D eigenvalue weighted by Gasteiger charge is -2.56. The number of phenols is 1. The maximum absolute atomic E-state index is 17.1. The minimum absolute atomic E-state index is 0.0281. The topological polar surface area (TPSA) is 145 Å². The number of aryl methyl sites for hydroxylation is 1. The molecule has 3 aromatic carbocycles. The van der Waals surface area contributed by atoms with Gasteiger partial charge in [0.05, 0.1) is 23.1 Å². The molecule has 0 unspecified atom stereocenters. The Kier molecular flexibility index (Phi) is 11.6. The fourth-order valence-corrected chi connectivity index (χ4v) is 12.4. The lowest BCUT2D eigenvalue weighted by Crippen LogP contribution is -2.56. The highest BCUT2D eigenvalue weighted by molar-refractivity contribution is 6.09. The number of nitrogens with one attached hydrogen (secondary N) is 1. The number of likely N-dealkylation sites (tertiary alicyclic amines) is 2. The first-order valence-corrected chi connectivity index (χ1v) is 25.4. The fourth-order valence-electron chi connectivity index (χ4n) is 12.4. The summed E-state index contributed by atoms with van der Waals surface area (Å²) in [6.45, 7) is 6.80. The van der Waals surface area contributed by atoms with Crippen LogP contribution in [0, 0.1) is 40.6 Å². The van der Waals surface area contributed by atoms with Gasteiger partial charge < -0.3 is 24.5 Å². The van der Waals surface area contributed by atoms with Gasteiger partial charge in [0.1, 0.15) is 34.4 Å². The number of anilines is 2. The van der Waals surface area contributed by atoms with Crippen molar-refractivity contribution in [3.63, 3.8) is 0 Å². The van der Waals surface area contributed by atoms with E-state index in [-0.39, 0.29) is 75.5 Å². The Morgan fingerprint density at radius 1 is 0.889 bits per heavy atom. The zero-order valence-corrected chi connectivity index (χ0v) is 40.4. The van der Waals surface area contributed by atoms with Gasteiger partial charge in [0, 0.05) is 73.6 Å². The minimum atomic E-state index is -0.739. The van der Waals surface area contributed by atoms with Crippen molar-refractivity contribution in [1.29, 1.82) is 0 Å². The molecule has 17 heteroatoms. The molecule has 0 atom stereocenters. The monoisotopic (exact) mass is 978 g/mol. The molecule has 2 aliphatic carbocycles. The standard InChI is InChI=1S/C55H57F3N10O4/c1-3-37-42(56)9-8-34-24-36(69)25-40(46(34)37)48-47(58)49-41(30-59-48)50(67-17-6-4-5-7-18-67)62-52(61-49)72-32-55(13-14-55)31-65-22-15-54(16-23-65)28-35(29-54)66-19-10-33(11-20-66)38-27-44-39(26-43(38)57)51(63-64(44)2)68-21-12-45(70)60-53(68)71/h1,4-5,8-9,24-27,30,33,35,69H,6-7,10-23,28-29,31-32H2,2H3,(H,60,70,71). The summed E-state index contributed by atoms with van der Waals surface area (Å²) in [5.41, 5.74) is 1.81. The number of ether oxygens (including phenoxy) is 1. The van der Waals surface area contributed by atoms with Gasteiger partial charge in [-0.1, -0.05) is 24.1 Å². The largest absolute Gasteiger partial charge is 0.508 e. The number of imide groups is 1. The lowest BCUT2D eigenvalue weighted by molar-refractivity contribution is -0.120. The molecule has 5 fully saturated rings. The molecule has 372 valence electrons. The van der Waals surface area contributed by atoms with E-state index in [0.717, 1.165) is 89.6 Å². The van der Waals surface area contributed by atoms with E-state index in [0.29, 0.717) is 64.5 Å². The van der Waals surface area contributed by atoms with E-state index in [1.165, 1.54) is 48.1 Å². The van der Waals surface area contributed by atoms with E-state index in [4.69, 9.17) is 21.1 Å². The van der Waals surface area contributed by atoms with E-state index in [9.17, 15) is 14.7 Å². The predicted octanol–water partition coefficient (Wildman–Crippen LogP) is 8.72. The number of carbonyl (C=O) groups is 2. The molecule has 0 radical (unpaired) electrons. The van der Waals surface area contributed by atoms with E-state index < -0.39 is 17.7 Å². The van der Waals surface area contributed by atoms with Gasteiger partial charge in [0.15, 0.2) is 11.6 Å². The van der Waals surface area contributed by atoms with Crippen LogP contribution in [0.25, 0.3) is 43.8 Å². The van der Waals surface area contributed by atoms with Crippen LogP contribution in [0.3, 0.4) is 0 Å². The molecule has 6 aliphatic rings. The van der Waals surface area contributed by atoms with Crippen LogP contribution in [0.15, 0.2) is 54.7 Å². The highest BCUT2D eigenvalue weighted by Crippen LogP contribution is 2.53. The van der Waals surface area contributed by atoms with Gasteiger partial charge in [0.2, 0.25) is 5.91 Å². The Balaban J connectivity index is 0.684. The molecule has 14 nitrogen and oxygen atoms in total. The fraction of sp³-hybridized carbons (Fsp3) is 0.455. The van der Waals surface area contributed by atoms with Gasteiger partial charge in [-0.25, -0.2) is 18.0 Å². The van der Waals surface area contributed by atoms with Gasteiger partial charge in [-0.2, -0.15) is 15.1 Å². The summed E-state index contributed by atoms with van der Waals surface area (Å²) >= 11 is 0. The van der Waals surface area contributed by atoms with Crippen LogP contribution in [0.4, 0.5) is 29.6 Å². The summed E-state index contributed by atoms with van der Waals surface area (Å²) in [4.78, 5) is 47.2. The molecule has 12 rings (SSSR count). The molecule has 3 aromatic heterocycles. The summed E-state index contributed by atoms with van der Waals surface area (Å²) in [6, 6.07) is 9.06. The van der Waals surface area contributed by atoms with Crippen molar-refractivity contribution in [2.45, 2.75) is 82.6 Å². The second-order valence-corrected chi connectivity index (χ2v) is 21.2. The van der Waals surface area contributed by atoms with E-state index in [1.807, 2.05) is 6.07 Å². The number of piperidine rings is 2. The number of terminal acetylenes is 1. The number of amides is 3. The number of rotatable bonds is 10. The molecule has 6 aromatic rings. The quantitative estimate of drug-likeness (QED) is 0.100. The number of hydrogen-bond donors (Lipinski definition) is 2. The predicted molar refractivity (Wildman–Crippen MR) is 268 cm³/mol. The number of hydrogen-bond acceptors (Lipinski definition) is 11. The minimum Gasteiger partial charge on any atom is -0.508 e. The van der Waals surface area contributed by atoms with Gasteiger partial charge in [-0.15, -0.1) is 6.42 Å². The molecular weight excluding hydrogens is 922 g/mol. The van der Waals surface area contributed by atoms with Crippen LogP contribution in [-0.2, 0) is 11.8 Å². The lowest BCUT2D eigenvalue weighted by atomic mass is 9.59. The van der Waals surface area contributed by atoms with Crippen LogP contribution in [-0.4, -0.2) is 117 Å². The summed E-state index contributed by atoms with van der Waals surface area (Å²) < 4.78 is 56.2. The maximum atomic E-state index is 17.1. The Morgan fingerprint density at radius 3 is 2.38 bits per heavy atom. The molecule has 2 N–H and O–H groups in total. The molecule has 2 saturated carbocycles. The van der Waals surface area contributed by atoms with Crippen molar-refractivity contribution in [3.8, 4) is 35.4 Å². The number of fused-ring (bicyclic) bond motifs is 3. The third-order valence-electron chi connectivity index (χ3n) is 16.7. The number of carbonyl (C=O) groups excluding carboxylic acids is 2. The van der Waals surface area contributed by atoms with Gasteiger partial charge in [-0.3, -0.25) is 24.7 Å². The third-order valence-corrected chi connectivity index (χ3v) is 16.7. The smallest absolute Gasteiger partial charge is 0.329 e. The molecule has 0 bridgehead atoms. The number of nitrogens with zero attached hydrogens (tertiary/aromatic N) is 9. The van der Waals surface area contributed by atoms with Crippen LogP contribution in [0.2, 0.25) is 0 Å². The summed E-state index contributed by atoms with van der Waals surface area (Å²) in [5, 5.41) is 19.3. The zero-order valence-electron chi connectivity index (χ0n) is 40.4. The van der Waals surface area contributed by atoms with Crippen molar-refractivity contribution >= 4 is 56.2 Å². The maximum Gasteiger partial charge on any atom is 0.329 e. The number of aromatic hydroxyl groups is 1. The number of aromatic nitrogens is 5. The molecule has 7 heterocycles. The van der Waals surface area contributed by atoms with Gasteiger partial charge in [-0.05, 0) is 143 Å². The number of pyridine rings is 1. The van der Waals surface area contributed by atoms with Crippen molar-refractivity contribution in [2.24, 2.45) is 17.9 Å². The average molecular weight is 979 g/mol. The Hall–Kier alpha value is -6.77. The average Bonchev–Trinajstić information content (AvgIpc) is 4.13.